The molecule has 0 saturated heterocycles. The maximum Gasteiger partial charge on any atom is 0.313 e. The maximum absolute atomic E-state index is 12.6. The molecule has 0 atom stereocenters. The molecule has 0 aliphatic rings. The van der Waals surface area contributed by atoms with Crippen LogP contribution in [-0.4, -0.2) is 18.4 Å². The Morgan fingerprint density at radius 2 is 1.81 bits per heavy atom. The molecule has 2 rings (SSSR count). The van der Waals surface area contributed by atoms with Gasteiger partial charge in [-0.1, -0.05) is 44.0 Å². The molecule has 0 saturated carbocycles. The number of unbranched alkanes of at least 4 members (excludes halogenated alkanes) is 2. The van der Waals surface area contributed by atoms with Gasteiger partial charge in [0.25, 0.3) is 0 Å². The first-order valence-electron chi connectivity index (χ1n) is 8.93. The number of nitrogens with two attached hydrogens (primary N) is 1. The quantitative estimate of drug-likeness (QED) is 0.226. The fourth-order valence-corrected chi connectivity index (χ4v) is 2.57. The summed E-state index contributed by atoms with van der Waals surface area (Å²) in [7, 11) is 0. The number of esters is 1. The van der Waals surface area contributed by atoms with Crippen molar-refractivity contribution >= 4 is 28.8 Å². The van der Waals surface area contributed by atoms with Crippen molar-refractivity contribution in [2.24, 2.45) is 0 Å². The molecule has 0 radical (unpaired) electrons. The van der Waals surface area contributed by atoms with Crippen LogP contribution in [0.2, 0.25) is 0 Å². The monoisotopic (exact) mass is 354 g/mol. The Morgan fingerprint density at radius 3 is 2.50 bits per heavy atom. The summed E-state index contributed by atoms with van der Waals surface area (Å²) in [5.41, 5.74) is 9.28. The highest BCUT2D eigenvalue weighted by Gasteiger charge is 2.19. The van der Waals surface area contributed by atoms with E-state index in [0.717, 1.165) is 30.5 Å². The van der Waals surface area contributed by atoms with E-state index < -0.39 is 5.97 Å². The second-order valence-electron chi connectivity index (χ2n) is 6.24. The van der Waals surface area contributed by atoms with Gasteiger partial charge in [0.15, 0.2) is 5.78 Å². The van der Waals surface area contributed by atoms with E-state index >= 15 is 0 Å². The number of ketones is 1. The predicted octanol–water partition coefficient (Wildman–Crippen LogP) is 4.63. The number of para-hydroxylation sites is 1. The molecule has 5 nitrogen and oxygen atoms in total. The Bertz CT molecular complexity index is 757. The summed E-state index contributed by atoms with van der Waals surface area (Å²) < 4.78 is 5.14. The van der Waals surface area contributed by atoms with Crippen molar-refractivity contribution in [1.29, 1.82) is 0 Å². The topological polar surface area (TPSA) is 81.4 Å². The highest BCUT2D eigenvalue weighted by Crippen LogP contribution is 2.31. The SMILES string of the molecule is CCCCCOC(=O)CC(=O)c1ccc(C)c(N)c1Nc1ccccc1. The molecular formula is C21H26N2O3. The van der Waals surface area contributed by atoms with Crippen LogP contribution in [0.5, 0.6) is 0 Å². The number of carbonyl (C=O) groups is 2. The number of carbonyl (C=O) groups excluding carboxylic acids is 2. The van der Waals surface area contributed by atoms with Crippen LogP contribution in [0.3, 0.4) is 0 Å². The first kappa shape index (κ1) is 19.5. The Labute approximate surface area is 154 Å². The summed E-state index contributed by atoms with van der Waals surface area (Å²) in [5, 5.41) is 3.20. The van der Waals surface area contributed by atoms with E-state index in [1.165, 1.54) is 0 Å². The minimum absolute atomic E-state index is 0.294. The number of anilines is 3. The molecule has 0 aliphatic carbocycles. The highest BCUT2D eigenvalue weighted by molar-refractivity contribution is 6.11. The minimum Gasteiger partial charge on any atom is -0.465 e. The molecule has 2 aromatic rings. The minimum atomic E-state index is -0.504. The fraction of sp³-hybridized carbons (Fsp3) is 0.333. The van der Waals surface area contributed by atoms with Gasteiger partial charge in [-0.25, -0.2) is 0 Å². The third-order valence-corrected chi connectivity index (χ3v) is 4.12. The molecule has 2 aromatic carbocycles. The molecule has 138 valence electrons. The fourth-order valence-electron chi connectivity index (χ4n) is 2.57. The van der Waals surface area contributed by atoms with E-state index in [2.05, 4.69) is 12.2 Å². The maximum atomic E-state index is 12.6. The summed E-state index contributed by atoms with van der Waals surface area (Å²) >= 11 is 0. The zero-order valence-corrected chi connectivity index (χ0v) is 15.4. The van der Waals surface area contributed by atoms with Crippen molar-refractivity contribution in [2.45, 2.75) is 39.5 Å². The van der Waals surface area contributed by atoms with Gasteiger partial charge in [0.05, 0.1) is 18.0 Å². The Kier molecular flexibility index (Phi) is 7.21. The number of Topliss-reactive ketones (excluding diaryl/α,β-unsaturated/α-hetero) is 1. The van der Waals surface area contributed by atoms with Crippen molar-refractivity contribution in [3.8, 4) is 0 Å². The summed E-state index contributed by atoms with van der Waals surface area (Å²) in [6, 6.07) is 12.9. The normalized spacial score (nSPS) is 10.4. The Hall–Kier alpha value is -2.82. The van der Waals surface area contributed by atoms with E-state index in [0.29, 0.717) is 23.5 Å². The van der Waals surface area contributed by atoms with Gasteiger partial charge in [-0.05, 0) is 37.1 Å². The number of ether oxygens (including phenoxy) is 1. The molecule has 0 heterocycles. The largest absolute Gasteiger partial charge is 0.465 e. The van der Waals surface area contributed by atoms with E-state index in [1.807, 2.05) is 37.3 Å². The summed E-state index contributed by atoms with van der Waals surface area (Å²) in [4.78, 5) is 24.5. The van der Waals surface area contributed by atoms with Gasteiger partial charge in [0, 0.05) is 11.3 Å². The molecule has 26 heavy (non-hydrogen) atoms. The van der Waals surface area contributed by atoms with E-state index in [4.69, 9.17) is 10.5 Å². The van der Waals surface area contributed by atoms with Crippen LogP contribution in [-0.2, 0) is 9.53 Å². The lowest BCUT2D eigenvalue weighted by molar-refractivity contribution is -0.142. The average Bonchev–Trinajstić information content (AvgIpc) is 2.63. The van der Waals surface area contributed by atoms with Crippen molar-refractivity contribution in [2.75, 3.05) is 17.7 Å². The average molecular weight is 354 g/mol. The molecule has 5 heteroatoms. The van der Waals surface area contributed by atoms with Gasteiger partial charge in [0.2, 0.25) is 0 Å². The molecular weight excluding hydrogens is 328 g/mol. The van der Waals surface area contributed by atoms with Crippen molar-refractivity contribution < 1.29 is 14.3 Å². The second kappa shape index (κ2) is 9.61. The zero-order chi connectivity index (χ0) is 18.9. The van der Waals surface area contributed by atoms with Gasteiger partial charge >= 0.3 is 5.97 Å². The van der Waals surface area contributed by atoms with Crippen LogP contribution >= 0.6 is 0 Å². The van der Waals surface area contributed by atoms with Gasteiger partial charge < -0.3 is 15.8 Å². The van der Waals surface area contributed by atoms with Crippen LogP contribution in [0, 0.1) is 6.92 Å². The van der Waals surface area contributed by atoms with Crippen molar-refractivity contribution in [3.63, 3.8) is 0 Å². The molecule has 0 amide bonds. The van der Waals surface area contributed by atoms with E-state index in [9.17, 15) is 9.59 Å². The van der Waals surface area contributed by atoms with Crippen LogP contribution in [0.15, 0.2) is 42.5 Å². The third-order valence-electron chi connectivity index (χ3n) is 4.12. The van der Waals surface area contributed by atoms with Crippen LogP contribution in [0.1, 0.15) is 48.5 Å². The van der Waals surface area contributed by atoms with E-state index in [1.54, 1.807) is 12.1 Å². The number of nitrogen functional groups attached to an aromatic ring is 1. The molecule has 3 N–H and O–H groups in total. The molecule has 0 fully saturated rings. The van der Waals surface area contributed by atoms with Gasteiger partial charge in [-0.3, -0.25) is 9.59 Å². The Morgan fingerprint density at radius 1 is 1.08 bits per heavy atom. The van der Waals surface area contributed by atoms with Crippen molar-refractivity contribution in [1.82, 2.24) is 0 Å². The lowest BCUT2D eigenvalue weighted by Gasteiger charge is -2.16. The van der Waals surface area contributed by atoms with Gasteiger partial charge in [0.1, 0.15) is 6.42 Å². The molecule has 0 aromatic heterocycles. The number of rotatable bonds is 9. The highest BCUT2D eigenvalue weighted by atomic mass is 16.5. The second-order valence-corrected chi connectivity index (χ2v) is 6.24. The molecule has 0 aliphatic heterocycles. The van der Waals surface area contributed by atoms with Gasteiger partial charge in [-0.15, -0.1) is 0 Å². The number of hydrogen-bond donors (Lipinski definition) is 2. The Balaban J connectivity index is 2.13. The van der Waals surface area contributed by atoms with Crippen LogP contribution in [0.4, 0.5) is 17.1 Å². The number of aryl methyl sites for hydroxylation is 1. The standard InChI is InChI=1S/C21H26N2O3/c1-3-4-8-13-26-19(25)14-18(24)17-12-11-15(2)20(22)21(17)23-16-9-6-5-7-10-16/h5-7,9-12,23H,3-4,8,13-14,22H2,1-2H3. The smallest absolute Gasteiger partial charge is 0.313 e. The number of hydrogen-bond acceptors (Lipinski definition) is 5. The molecule has 0 bridgehead atoms. The summed E-state index contributed by atoms with van der Waals surface area (Å²) in [5.74, 6) is -0.813. The number of benzene rings is 2. The summed E-state index contributed by atoms with van der Waals surface area (Å²) in [6.07, 6.45) is 2.57. The zero-order valence-electron chi connectivity index (χ0n) is 15.4. The van der Waals surface area contributed by atoms with Gasteiger partial charge in [-0.2, -0.15) is 0 Å². The third kappa shape index (κ3) is 5.34. The lowest BCUT2D eigenvalue weighted by atomic mass is 10.0. The van der Waals surface area contributed by atoms with Crippen LogP contribution < -0.4 is 11.1 Å². The predicted molar refractivity (Wildman–Crippen MR) is 105 cm³/mol. The summed E-state index contributed by atoms with van der Waals surface area (Å²) in [6.45, 7) is 4.31. The van der Waals surface area contributed by atoms with E-state index in [-0.39, 0.29) is 12.2 Å². The molecule has 0 spiro atoms. The first-order valence-corrected chi connectivity index (χ1v) is 8.93. The van der Waals surface area contributed by atoms with Crippen LogP contribution in [0.25, 0.3) is 0 Å². The molecule has 0 unspecified atom stereocenters. The lowest BCUT2D eigenvalue weighted by Crippen LogP contribution is -2.14. The number of nitrogens with one attached hydrogen (secondary N) is 1. The van der Waals surface area contributed by atoms with Crippen molar-refractivity contribution in [3.05, 3.63) is 53.6 Å². The first-order chi connectivity index (χ1) is 12.5.